The number of nitrogens with one attached hydrogen (secondary N) is 1. The van der Waals surface area contributed by atoms with Gasteiger partial charge in [0.2, 0.25) is 17.6 Å². The number of fused-ring (bicyclic) bond motifs is 1. The summed E-state index contributed by atoms with van der Waals surface area (Å²) >= 11 is 1.54. The maximum absolute atomic E-state index is 13.5. The summed E-state index contributed by atoms with van der Waals surface area (Å²) in [5, 5.41) is 2.54. The fourth-order valence-corrected chi connectivity index (χ4v) is 5.44. The van der Waals surface area contributed by atoms with Crippen molar-refractivity contribution in [2.45, 2.75) is 16.6 Å². The molecule has 1 aliphatic heterocycles. The van der Waals surface area contributed by atoms with E-state index in [0.717, 1.165) is 10.5 Å². The summed E-state index contributed by atoms with van der Waals surface area (Å²) < 4.78 is 21.2. The molecule has 1 atom stereocenters. The number of ether oxygens (including phenoxy) is 4. The zero-order valence-corrected chi connectivity index (χ0v) is 22.3. The first-order valence-electron chi connectivity index (χ1n) is 11.7. The summed E-state index contributed by atoms with van der Waals surface area (Å²) in [6, 6.07) is 17.5. The van der Waals surface area contributed by atoms with Gasteiger partial charge in [-0.05, 0) is 54.1 Å². The van der Waals surface area contributed by atoms with E-state index in [1.54, 1.807) is 38.5 Å². The van der Waals surface area contributed by atoms with E-state index in [-0.39, 0.29) is 30.0 Å². The molecule has 3 aromatic rings. The Labute approximate surface area is 225 Å². The van der Waals surface area contributed by atoms with Crippen molar-refractivity contribution in [2.24, 2.45) is 0 Å². The summed E-state index contributed by atoms with van der Waals surface area (Å²) in [5.41, 5.74) is 2.37. The van der Waals surface area contributed by atoms with Crippen molar-refractivity contribution in [3.05, 3.63) is 71.8 Å². The Kier molecular flexibility index (Phi) is 8.42. The van der Waals surface area contributed by atoms with Crippen LogP contribution in [-0.4, -0.2) is 52.8 Å². The molecule has 0 aromatic heterocycles. The molecule has 0 radical (unpaired) electrons. The van der Waals surface area contributed by atoms with Crippen LogP contribution in [0.5, 0.6) is 17.2 Å². The lowest BCUT2D eigenvalue weighted by Gasteiger charge is -2.22. The van der Waals surface area contributed by atoms with Gasteiger partial charge in [-0.3, -0.25) is 9.59 Å². The van der Waals surface area contributed by atoms with E-state index in [4.69, 9.17) is 18.9 Å². The Morgan fingerprint density at radius 3 is 2.21 bits per heavy atom. The van der Waals surface area contributed by atoms with E-state index in [0.29, 0.717) is 34.2 Å². The van der Waals surface area contributed by atoms with Gasteiger partial charge in [0.05, 0.1) is 39.7 Å². The van der Waals surface area contributed by atoms with Crippen LogP contribution in [-0.2, 0) is 14.3 Å². The van der Waals surface area contributed by atoms with Gasteiger partial charge >= 0.3 is 5.97 Å². The van der Waals surface area contributed by atoms with Crippen LogP contribution in [0.15, 0.2) is 65.6 Å². The number of hydrogen-bond donors (Lipinski definition) is 1. The minimum absolute atomic E-state index is 0.152. The van der Waals surface area contributed by atoms with Crippen molar-refractivity contribution in [3.63, 3.8) is 0 Å². The normalized spacial score (nSPS) is 14.7. The second kappa shape index (κ2) is 11.9. The molecule has 0 unspecified atom stereocenters. The molecule has 0 saturated heterocycles. The van der Waals surface area contributed by atoms with Gasteiger partial charge in [-0.2, -0.15) is 0 Å². The number of rotatable bonds is 8. The second-order valence-corrected chi connectivity index (χ2v) is 9.58. The summed E-state index contributed by atoms with van der Waals surface area (Å²) in [6.45, 7) is -0.170. The SMILES string of the molecule is COC(=O)c1ccc(NC(=O)CN2C(=O)C[C@@H](c3cc(OC)c(OC)c(OC)c3)Sc3ccccc32)cc1. The number of anilines is 2. The van der Waals surface area contributed by atoms with Crippen LogP contribution in [0.3, 0.4) is 0 Å². The first-order valence-corrected chi connectivity index (χ1v) is 12.6. The van der Waals surface area contributed by atoms with Crippen LogP contribution in [0.25, 0.3) is 0 Å². The lowest BCUT2D eigenvalue weighted by Crippen LogP contribution is -2.38. The highest BCUT2D eigenvalue weighted by Gasteiger charge is 2.31. The Morgan fingerprint density at radius 2 is 1.61 bits per heavy atom. The van der Waals surface area contributed by atoms with E-state index >= 15 is 0 Å². The number of para-hydroxylation sites is 1. The maximum atomic E-state index is 13.5. The monoisotopic (exact) mass is 536 g/mol. The molecule has 38 heavy (non-hydrogen) atoms. The average molecular weight is 537 g/mol. The number of carbonyl (C=O) groups excluding carboxylic acids is 3. The minimum Gasteiger partial charge on any atom is -0.493 e. The summed E-state index contributed by atoms with van der Waals surface area (Å²) in [4.78, 5) is 40.5. The quantitative estimate of drug-likeness (QED) is 0.413. The van der Waals surface area contributed by atoms with Crippen LogP contribution in [0.1, 0.15) is 27.6 Å². The summed E-state index contributed by atoms with van der Waals surface area (Å²) in [6.07, 6.45) is 0.152. The molecule has 1 aliphatic rings. The molecule has 1 heterocycles. The standard InChI is InChI=1S/C28H28N2O7S/c1-34-21-13-18(14-22(35-2)27(21)36-3)24-15-26(32)30(20-7-5-6-8-23(20)38-24)16-25(31)29-19-11-9-17(10-12-19)28(33)37-4/h5-14,24H,15-16H2,1-4H3,(H,29,31)/t24-/m0/s1. The molecule has 0 fully saturated rings. The van der Waals surface area contributed by atoms with Crippen molar-refractivity contribution in [2.75, 3.05) is 45.2 Å². The predicted octanol–water partition coefficient (Wildman–Crippen LogP) is 4.71. The van der Waals surface area contributed by atoms with Gasteiger partial charge in [-0.15, -0.1) is 11.8 Å². The fourth-order valence-electron chi connectivity index (χ4n) is 4.18. The number of nitrogens with zero attached hydrogens (tertiary/aromatic N) is 1. The molecule has 0 aliphatic carbocycles. The molecular weight excluding hydrogens is 508 g/mol. The van der Waals surface area contributed by atoms with E-state index < -0.39 is 5.97 Å². The first kappa shape index (κ1) is 26.9. The number of hydrogen-bond acceptors (Lipinski definition) is 8. The van der Waals surface area contributed by atoms with Crippen LogP contribution in [0.2, 0.25) is 0 Å². The average Bonchev–Trinajstić information content (AvgIpc) is 3.08. The number of amides is 2. The van der Waals surface area contributed by atoms with Gasteiger partial charge in [0, 0.05) is 22.3 Å². The molecular formula is C28H28N2O7S. The second-order valence-electron chi connectivity index (χ2n) is 8.33. The van der Waals surface area contributed by atoms with Crippen LogP contribution >= 0.6 is 11.8 Å². The van der Waals surface area contributed by atoms with Gasteiger partial charge in [0.1, 0.15) is 6.54 Å². The van der Waals surface area contributed by atoms with Gasteiger partial charge in [0.15, 0.2) is 11.5 Å². The highest BCUT2D eigenvalue weighted by molar-refractivity contribution is 7.99. The van der Waals surface area contributed by atoms with Crippen molar-refractivity contribution in [1.29, 1.82) is 0 Å². The molecule has 198 valence electrons. The molecule has 0 saturated carbocycles. The Morgan fingerprint density at radius 1 is 0.947 bits per heavy atom. The van der Waals surface area contributed by atoms with Gasteiger partial charge in [-0.1, -0.05) is 12.1 Å². The molecule has 1 N–H and O–H groups in total. The molecule has 9 nitrogen and oxygen atoms in total. The van der Waals surface area contributed by atoms with E-state index in [2.05, 4.69) is 5.32 Å². The first-order chi connectivity index (χ1) is 18.4. The Hall–Kier alpha value is -4.18. The van der Waals surface area contributed by atoms with Crippen LogP contribution < -0.4 is 24.4 Å². The highest BCUT2D eigenvalue weighted by Crippen LogP contribution is 2.49. The van der Waals surface area contributed by atoms with E-state index in [9.17, 15) is 14.4 Å². The third-order valence-corrected chi connectivity index (χ3v) is 7.36. The van der Waals surface area contributed by atoms with E-state index in [1.807, 2.05) is 36.4 Å². The number of benzene rings is 3. The topological polar surface area (TPSA) is 103 Å². The third-order valence-electron chi connectivity index (χ3n) is 6.04. The molecule has 4 rings (SSSR count). The lowest BCUT2D eigenvalue weighted by molar-refractivity contribution is -0.121. The van der Waals surface area contributed by atoms with Gasteiger partial charge in [0.25, 0.3) is 0 Å². The van der Waals surface area contributed by atoms with Crippen molar-refractivity contribution in [1.82, 2.24) is 0 Å². The fraction of sp³-hybridized carbons (Fsp3) is 0.250. The lowest BCUT2D eigenvalue weighted by atomic mass is 10.1. The molecule has 2 amide bonds. The third kappa shape index (κ3) is 5.70. The Bertz CT molecular complexity index is 1320. The highest BCUT2D eigenvalue weighted by atomic mass is 32.2. The smallest absolute Gasteiger partial charge is 0.337 e. The number of methoxy groups -OCH3 is 4. The number of thioether (sulfide) groups is 1. The molecule has 0 spiro atoms. The number of esters is 1. The maximum Gasteiger partial charge on any atom is 0.337 e. The van der Waals surface area contributed by atoms with Crippen LogP contribution in [0.4, 0.5) is 11.4 Å². The largest absolute Gasteiger partial charge is 0.493 e. The van der Waals surface area contributed by atoms with Crippen molar-refractivity contribution in [3.8, 4) is 17.2 Å². The Balaban J connectivity index is 1.58. The molecule has 10 heteroatoms. The predicted molar refractivity (Wildman–Crippen MR) is 145 cm³/mol. The minimum atomic E-state index is -0.464. The van der Waals surface area contributed by atoms with Crippen LogP contribution in [0, 0.1) is 0 Å². The van der Waals surface area contributed by atoms with Gasteiger partial charge < -0.3 is 29.2 Å². The van der Waals surface area contributed by atoms with Gasteiger partial charge in [-0.25, -0.2) is 4.79 Å². The molecule has 0 bridgehead atoms. The number of carbonyl (C=O) groups is 3. The molecule has 3 aromatic carbocycles. The van der Waals surface area contributed by atoms with E-state index in [1.165, 1.54) is 30.9 Å². The summed E-state index contributed by atoms with van der Waals surface area (Å²) in [7, 11) is 5.94. The van der Waals surface area contributed by atoms with Crippen molar-refractivity contribution < 1.29 is 33.3 Å². The zero-order chi connectivity index (χ0) is 27.2. The van der Waals surface area contributed by atoms with Crippen molar-refractivity contribution >= 4 is 40.9 Å². The summed E-state index contributed by atoms with van der Waals surface area (Å²) in [5.74, 6) is 0.451. The zero-order valence-electron chi connectivity index (χ0n) is 21.5.